The van der Waals surface area contributed by atoms with Crippen molar-refractivity contribution in [2.24, 2.45) is 0 Å². The van der Waals surface area contributed by atoms with Gasteiger partial charge < -0.3 is 19.9 Å². The Hall–Kier alpha value is -3.39. The Balaban J connectivity index is 1.26. The van der Waals surface area contributed by atoms with Crippen molar-refractivity contribution in [1.29, 1.82) is 0 Å². The van der Waals surface area contributed by atoms with E-state index in [4.69, 9.17) is 21.1 Å². The van der Waals surface area contributed by atoms with E-state index in [1.54, 1.807) is 12.1 Å². The molecule has 1 aliphatic heterocycles. The number of carbonyl (C=O) groups excluding carboxylic acids is 1. The number of nitrogens with zero attached hydrogens (tertiary/aromatic N) is 1. The normalized spacial score (nSPS) is 16.0. The Morgan fingerprint density at radius 3 is 2.30 bits per heavy atom. The van der Waals surface area contributed by atoms with Crippen LogP contribution in [0.15, 0.2) is 66.7 Å². The van der Waals surface area contributed by atoms with Gasteiger partial charge in [0.25, 0.3) is 0 Å². The molecule has 1 heterocycles. The minimum Gasteiger partial charge on any atom is -0.480 e. The first-order valence-corrected chi connectivity index (χ1v) is 12.8. The number of hydrogen-bond acceptors (Lipinski definition) is 5. The fourth-order valence-electron chi connectivity index (χ4n) is 5.14. The summed E-state index contributed by atoms with van der Waals surface area (Å²) in [6.07, 6.45) is -0.661. The van der Waals surface area contributed by atoms with Crippen LogP contribution in [-0.2, 0) is 27.2 Å². The molecule has 0 spiro atoms. The van der Waals surface area contributed by atoms with Crippen LogP contribution in [-0.4, -0.2) is 61.0 Å². The second kappa shape index (κ2) is 11.3. The van der Waals surface area contributed by atoms with Gasteiger partial charge in [0.2, 0.25) is 0 Å². The lowest BCUT2D eigenvalue weighted by Crippen LogP contribution is -2.43. The van der Waals surface area contributed by atoms with E-state index in [0.717, 1.165) is 46.5 Å². The van der Waals surface area contributed by atoms with E-state index in [1.165, 1.54) is 0 Å². The number of aliphatic carboxylic acids is 1. The zero-order valence-electron chi connectivity index (χ0n) is 20.4. The topological polar surface area (TPSA) is 88.1 Å². The monoisotopic (exact) mass is 520 g/mol. The molecule has 37 heavy (non-hydrogen) atoms. The Morgan fingerprint density at radius 1 is 1.00 bits per heavy atom. The molecule has 5 rings (SSSR count). The molecule has 2 N–H and O–H groups in total. The van der Waals surface area contributed by atoms with Gasteiger partial charge in [-0.25, -0.2) is 9.59 Å². The van der Waals surface area contributed by atoms with E-state index in [1.807, 2.05) is 42.5 Å². The summed E-state index contributed by atoms with van der Waals surface area (Å²) < 4.78 is 11.0. The zero-order valence-corrected chi connectivity index (χ0v) is 21.1. The maximum Gasteiger partial charge on any atom is 0.407 e. The molecular formula is C29H29ClN2O5. The van der Waals surface area contributed by atoms with Crippen molar-refractivity contribution in [2.75, 3.05) is 32.9 Å². The van der Waals surface area contributed by atoms with E-state index in [9.17, 15) is 14.7 Å². The van der Waals surface area contributed by atoms with Gasteiger partial charge in [0, 0.05) is 37.0 Å². The van der Waals surface area contributed by atoms with Crippen LogP contribution < -0.4 is 5.32 Å². The second-order valence-corrected chi connectivity index (χ2v) is 9.80. The first-order chi connectivity index (χ1) is 18.0. The summed E-state index contributed by atoms with van der Waals surface area (Å²) in [5, 5.41) is 12.9. The van der Waals surface area contributed by atoms with Crippen molar-refractivity contribution in [1.82, 2.24) is 10.2 Å². The summed E-state index contributed by atoms with van der Waals surface area (Å²) >= 11 is 6.24. The molecule has 0 bridgehead atoms. The maximum absolute atomic E-state index is 12.8. The van der Waals surface area contributed by atoms with Crippen molar-refractivity contribution < 1.29 is 24.2 Å². The molecule has 1 amide bonds. The molecule has 0 radical (unpaired) electrons. The quantitative estimate of drug-likeness (QED) is 0.447. The molecule has 1 saturated heterocycles. The lowest BCUT2D eigenvalue weighted by atomic mass is 9.98. The molecule has 3 aromatic carbocycles. The number of nitrogens with one attached hydrogen (secondary N) is 1. The third-order valence-electron chi connectivity index (χ3n) is 7.02. The highest BCUT2D eigenvalue weighted by molar-refractivity contribution is 6.30. The minimum absolute atomic E-state index is 0.0970. The Bertz CT molecular complexity index is 1250. The molecule has 0 unspecified atom stereocenters. The number of fused-ring (bicyclic) bond motifs is 3. The summed E-state index contributed by atoms with van der Waals surface area (Å²) in [6, 6.07) is 20.5. The number of carbonyl (C=O) groups is 2. The van der Waals surface area contributed by atoms with Gasteiger partial charge in [0.1, 0.15) is 12.6 Å². The van der Waals surface area contributed by atoms with Crippen LogP contribution in [0.1, 0.15) is 28.2 Å². The largest absolute Gasteiger partial charge is 0.480 e. The minimum atomic E-state index is -1.16. The molecule has 2 aliphatic rings. The molecule has 0 aromatic heterocycles. The van der Waals surface area contributed by atoms with Gasteiger partial charge in [-0.3, -0.25) is 4.90 Å². The van der Waals surface area contributed by atoms with Crippen LogP contribution in [0, 0.1) is 0 Å². The van der Waals surface area contributed by atoms with Crippen LogP contribution in [0.3, 0.4) is 0 Å². The lowest BCUT2D eigenvalue weighted by molar-refractivity contribution is -0.139. The number of ether oxygens (including phenoxy) is 2. The Labute approximate surface area is 221 Å². The predicted octanol–water partition coefficient (Wildman–Crippen LogP) is 4.71. The fraction of sp³-hybridized carbons (Fsp3) is 0.310. The number of hydrogen-bond donors (Lipinski definition) is 2. The van der Waals surface area contributed by atoms with Gasteiger partial charge in [0.15, 0.2) is 0 Å². The summed E-state index contributed by atoms with van der Waals surface area (Å²) in [7, 11) is 0. The maximum atomic E-state index is 12.8. The molecule has 0 saturated carbocycles. The van der Waals surface area contributed by atoms with Crippen LogP contribution in [0.5, 0.6) is 0 Å². The fourth-order valence-corrected chi connectivity index (χ4v) is 5.34. The number of carboxylic acid groups (broad SMARTS) is 1. The van der Waals surface area contributed by atoms with Crippen LogP contribution in [0.2, 0.25) is 5.02 Å². The second-order valence-electron chi connectivity index (χ2n) is 9.37. The van der Waals surface area contributed by atoms with Gasteiger partial charge in [-0.05, 0) is 45.5 Å². The van der Waals surface area contributed by atoms with E-state index < -0.39 is 18.1 Å². The summed E-state index contributed by atoms with van der Waals surface area (Å²) in [5.74, 6) is -1.24. The van der Waals surface area contributed by atoms with E-state index >= 15 is 0 Å². The van der Waals surface area contributed by atoms with Crippen LogP contribution in [0.4, 0.5) is 4.79 Å². The van der Waals surface area contributed by atoms with Crippen molar-refractivity contribution in [3.05, 3.63) is 94.0 Å². The molecule has 8 heteroatoms. The predicted molar refractivity (Wildman–Crippen MR) is 141 cm³/mol. The lowest BCUT2D eigenvalue weighted by Gasteiger charge is -2.28. The number of morpholine rings is 1. The van der Waals surface area contributed by atoms with Gasteiger partial charge in [-0.15, -0.1) is 0 Å². The van der Waals surface area contributed by atoms with Gasteiger partial charge >= 0.3 is 12.1 Å². The average molecular weight is 521 g/mol. The SMILES string of the molecule is O=C(N[C@@H](Cc1cc(Cl)ccc1CN1CCOCC1)C(=O)O)OCC1c2ccccc2-c2ccccc21. The zero-order chi connectivity index (χ0) is 25.8. The number of carboxylic acids is 1. The number of alkyl carbamates (subject to hydrolysis) is 1. The summed E-state index contributed by atoms with van der Waals surface area (Å²) in [6.45, 7) is 3.73. The molecule has 1 aliphatic carbocycles. The number of benzene rings is 3. The third-order valence-corrected chi connectivity index (χ3v) is 7.26. The first kappa shape index (κ1) is 25.3. The summed E-state index contributed by atoms with van der Waals surface area (Å²) in [4.78, 5) is 27.1. The Kier molecular flexibility index (Phi) is 7.74. The van der Waals surface area contributed by atoms with Crippen molar-refractivity contribution in [2.45, 2.75) is 24.9 Å². The van der Waals surface area contributed by atoms with Crippen LogP contribution >= 0.6 is 11.6 Å². The summed E-state index contributed by atoms with van der Waals surface area (Å²) in [5.41, 5.74) is 6.21. The molecule has 1 fully saturated rings. The standard InChI is InChI=1S/C29H29ClN2O5/c30-21-10-9-19(17-32-11-13-36-14-12-32)20(15-21)16-27(28(33)34)31-29(35)37-18-26-24-7-3-1-5-22(24)23-6-2-4-8-25(23)26/h1-10,15,26-27H,11-14,16-18H2,(H,31,35)(H,33,34)/t27-/m0/s1. The first-order valence-electron chi connectivity index (χ1n) is 12.4. The van der Waals surface area contributed by atoms with E-state index in [-0.39, 0.29) is 18.9 Å². The molecule has 3 aromatic rings. The molecule has 7 nitrogen and oxygen atoms in total. The third kappa shape index (κ3) is 5.80. The molecule has 192 valence electrons. The number of rotatable bonds is 8. The number of amides is 1. The highest BCUT2D eigenvalue weighted by Crippen LogP contribution is 2.44. The average Bonchev–Trinajstić information content (AvgIpc) is 3.23. The number of halogens is 1. The van der Waals surface area contributed by atoms with Gasteiger partial charge in [0.05, 0.1) is 13.2 Å². The molecule has 1 atom stereocenters. The Morgan fingerprint density at radius 2 is 1.65 bits per heavy atom. The van der Waals surface area contributed by atoms with Gasteiger partial charge in [-0.2, -0.15) is 0 Å². The van der Waals surface area contributed by atoms with Crippen molar-refractivity contribution in [3.8, 4) is 11.1 Å². The van der Waals surface area contributed by atoms with Crippen LogP contribution in [0.25, 0.3) is 11.1 Å². The van der Waals surface area contributed by atoms with Crippen molar-refractivity contribution >= 4 is 23.7 Å². The smallest absolute Gasteiger partial charge is 0.407 e. The highest BCUT2D eigenvalue weighted by atomic mass is 35.5. The molecular weight excluding hydrogens is 492 g/mol. The van der Waals surface area contributed by atoms with Crippen molar-refractivity contribution in [3.63, 3.8) is 0 Å². The van der Waals surface area contributed by atoms with Gasteiger partial charge in [-0.1, -0.05) is 66.2 Å². The van der Waals surface area contributed by atoms with E-state index in [2.05, 4.69) is 22.3 Å². The highest BCUT2D eigenvalue weighted by Gasteiger charge is 2.30. The van der Waals surface area contributed by atoms with E-state index in [0.29, 0.717) is 24.8 Å².